The number of likely N-dealkylation sites (tertiary alicyclic amines) is 1. The van der Waals surface area contributed by atoms with Crippen LogP contribution in [0.3, 0.4) is 0 Å². The van der Waals surface area contributed by atoms with E-state index in [1.807, 2.05) is 0 Å². The van der Waals surface area contributed by atoms with Crippen LogP contribution in [0.25, 0.3) is 4.96 Å². The third-order valence-corrected chi connectivity index (χ3v) is 6.17. The number of aromatic nitrogens is 2. The van der Waals surface area contributed by atoms with Gasteiger partial charge in [-0.2, -0.15) is 0 Å². The molecule has 3 atom stereocenters. The fourth-order valence-corrected chi connectivity index (χ4v) is 4.72. The van der Waals surface area contributed by atoms with E-state index >= 15 is 0 Å². The Labute approximate surface area is 142 Å². The van der Waals surface area contributed by atoms with Crippen molar-refractivity contribution in [3.63, 3.8) is 0 Å². The van der Waals surface area contributed by atoms with E-state index in [0.717, 1.165) is 12.8 Å². The van der Waals surface area contributed by atoms with E-state index in [1.54, 1.807) is 23.6 Å². The number of aliphatic hydroxyl groups is 1. The monoisotopic (exact) mass is 349 g/mol. The number of ether oxygens (including phenoxy) is 1. The van der Waals surface area contributed by atoms with Gasteiger partial charge < -0.3 is 14.7 Å². The zero-order valence-corrected chi connectivity index (χ0v) is 14.2. The lowest BCUT2D eigenvalue weighted by atomic mass is 9.79. The highest BCUT2D eigenvalue weighted by Crippen LogP contribution is 2.42. The zero-order chi connectivity index (χ0) is 16.9. The number of fused-ring (bicyclic) bond motifs is 2. The first-order chi connectivity index (χ1) is 11.6. The van der Waals surface area contributed by atoms with Crippen LogP contribution in [0.5, 0.6) is 0 Å². The molecule has 0 unspecified atom stereocenters. The Kier molecular flexibility index (Phi) is 3.70. The second-order valence-electron chi connectivity index (χ2n) is 6.49. The van der Waals surface area contributed by atoms with Gasteiger partial charge in [0.15, 0.2) is 4.96 Å². The lowest BCUT2D eigenvalue weighted by Gasteiger charge is -2.42. The number of hydrogen-bond acceptors (Lipinski definition) is 6. The molecule has 24 heavy (non-hydrogen) atoms. The summed E-state index contributed by atoms with van der Waals surface area (Å²) in [6.07, 6.45) is 5.15. The molecular formula is C16H19N3O4S. The Bertz CT molecular complexity index is 847. The van der Waals surface area contributed by atoms with Gasteiger partial charge in [-0.15, -0.1) is 11.3 Å². The minimum Gasteiger partial charge on any atom is -0.393 e. The molecular weight excluding hydrogens is 330 g/mol. The molecule has 0 aromatic carbocycles. The van der Waals surface area contributed by atoms with E-state index in [-0.39, 0.29) is 23.1 Å². The largest absolute Gasteiger partial charge is 0.393 e. The molecule has 128 valence electrons. The van der Waals surface area contributed by atoms with Crippen molar-refractivity contribution in [3.8, 4) is 0 Å². The summed E-state index contributed by atoms with van der Waals surface area (Å²) >= 11 is 1.35. The van der Waals surface area contributed by atoms with Gasteiger partial charge in [0.25, 0.3) is 11.5 Å². The maximum atomic E-state index is 13.0. The second kappa shape index (κ2) is 5.65. The molecule has 1 N–H and O–H groups in total. The lowest BCUT2D eigenvalue weighted by Crippen LogP contribution is -2.53. The number of aliphatic hydroxyl groups excluding tert-OH is 1. The van der Waals surface area contributed by atoms with Crippen molar-refractivity contribution in [3.05, 3.63) is 33.7 Å². The van der Waals surface area contributed by atoms with Gasteiger partial charge in [-0.3, -0.25) is 14.0 Å². The highest BCUT2D eigenvalue weighted by atomic mass is 32.1. The molecule has 0 bridgehead atoms. The maximum absolute atomic E-state index is 13.0. The van der Waals surface area contributed by atoms with Crippen molar-refractivity contribution >= 4 is 22.2 Å². The molecule has 0 radical (unpaired) electrons. The van der Waals surface area contributed by atoms with Crippen molar-refractivity contribution in [2.75, 3.05) is 13.7 Å². The summed E-state index contributed by atoms with van der Waals surface area (Å²) in [6, 6.07) is -0.207. The summed E-state index contributed by atoms with van der Waals surface area (Å²) in [5.74, 6) is -0.328. The Balaban J connectivity index is 1.71. The summed E-state index contributed by atoms with van der Waals surface area (Å²) in [7, 11) is 1.66. The average Bonchev–Trinajstić information content (AvgIpc) is 3.20. The number of carbonyl (C=O) groups is 1. The number of rotatable bonds is 2. The topological polar surface area (TPSA) is 84.1 Å². The molecule has 8 heteroatoms. The minimum absolute atomic E-state index is 0.0675. The molecule has 2 fully saturated rings. The van der Waals surface area contributed by atoms with Gasteiger partial charge in [0.05, 0.1) is 17.7 Å². The molecule has 2 aromatic heterocycles. The molecule has 1 saturated heterocycles. The van der Waals surface area contributed by atoms with Gasteiger partial charge in [0.1, 0.15) is 5.56 Å². The molecule has 1 saturated carbocycles. The van der Waals surface area contributed by atoms with E-state index < -0.39 is 11.7 Å². The number of methoxy groups -OCH3 is 1. The number of hydrogen-bond donors (Lipinski definition) is 1. The Hall–Kier alpha value is -1.77. The normalized spacial score (nSPS) is 29.8. The summed E-state index contributed by atoms with van der Waals surface area (Å²) in [6.45, 7) is 0.524. The standard InChI is InChI=1S/C16H19N3O4S/c1-23-16-3-2-10(20)8-12(16)18(5-4-16)13(21)11-9-17-15-19(14(11)22)6-7-24-15/h6-7,9-10,12,20H,2-5,8H2,1H3/t10-,12+,16-/m1/s1. The lowest BCUT2D eigenvalue weighted by molar-refractivity contribution is -0.0824. The minimum atomic E-state index is -0.440. The predicted molar refractivity (Wildman–Crippen MR) is 88.4 cm³/mol. The molecule has 0 spiro atoms. The van der Waals surface area contributed by atoms with Crippen molar-refractivity contribution in [2.45, 2.75) is 43.4 Å². The molecule has 2 aliphatic rings. The molecule has 4 rings (SSSR count). The van der Waals surface area contributed by atoms with Crippen LogP contribution in [-0.4, -0.2) is 56.7 Å². The van der Waals surface area contributed by atoms with Gasteiger partial charge in [-0.25, -0.2) is 4.98 Å². The van der Waals surface area contributed by atoms with E-state index in [9.17, 15) is 14.7 Å². The Morgan fingerprint density at radius 1 is 1.50 bits per heavy atom. The molecule has 1 aliphatic heterocycles. The third kappa shape index (κ3) is 2.21. The Morgan fingerprint density at radius 2 is 2.33 bits per heavy atom. The summed E-state index contributed by atoms with van der Waals surface area (Å²) in [5, 5.41) is 11.8. The highest BCUT2D eigenvalue weighted by molar-refractivity contribution is 7.15. The van der Waals surface area contributed by atoms with Gasteiger partial charge >= 0.3 is 0 Å². The van der Waals surface area contributed by atoms with Crippen LogP contribution in [0.4, 0.5) is 0 Å². The molecule has 7 nitrogen and oxygen atoms in total. The van der Waals surface area contributed by atoms with Crippen molar-refractivity contribution in [2.24, 2.45) is 0 Å². The van der Waals surface area contributed by atoms with Gasteiger partial charge in [0, 0.05) is 31.4 Å². The number of carbonyl (C=O) groups excluding carboxylic acids is 1. The van der Waals surface area contributed by atoms with E-state index in [0.29, 0.717) is 24.3 Å². The van der Waals surface area contributed by atoms with Crippen molar-refractivity contribution < 1.29 is 14.6 Å². The first-order valence-corrected chi connectivity index (χ1v) is 8.93. The van der Waals surface area contributed by atoms with E-state index in [4.69, 9.17) is 4.74 Å². The first-order valence-electron chi connectivity index (χ1n) is 8.05. The summed E-state index contributed by atoms with van der Waals surface area (Å²) in [5.41, 5.74) is -0.694. The average molecular weight is 349 g/mol. The summed E-state index contributed by atoms with van der Waals surface area (Å²) < 4.78 is 7.15. The van der Waals surface area contributed by atoms with Crippen LogP contribution in [0.15, 0.2) is 22.6 Å². The smallest absolute Gasteiger partial charge is 0.271 e. The first kappa shape index (κ1) is 15.7. The molecule has 2 aromatic rings. The predicted octanol–water partition coefficient (Wildman–Crippen LogP) is 0.901. The van der Waals surface area contributed by atoms with E-state index in [1.165, 1.54) is 21.9 Å². The molecule has 1 amide bonds. The number of thiazole rings is 1. The van der Waals surface area contributed by atoms with Crippen LogP contribution in [0.2, 0.25) is 0 Å². The van der Waals surface area contributed by atoms with Gasteiger partial charge in [0.2, 0.25) is 0 Å². The zero-order valence-electron chi connectivity index (χ0n) is 13.3. The van der Waals surface area contributed by atoms with Gasteiger partial charge in [-0.05, 0) is 25.7 Å². The van der Waals surface area contributed by atoms with Crippen molar-refractivity contribution in [1.29, 1.82) is 0 Å². The van der Waals surface area contributed by atoms with E-state index in [2.05, 4.69) is 4.98 Å². The van der Waals surface area contributed by atoms with Crippen LogP contribution in [0, 0.1) is 0 Å². The Morgan fingerprint density at radius 3 is 3.12 bits per heavy atom. The fraction of sp³-hybridized carbons (Fsp3) is 0.562. The number of amides is 1. The fourth-order valence-electron chi connectivity index (χ4n) is 4.05. The van der Waals surface area contributed by atoms with Gasteiger partial charge in [-0.1, -0.05) is 0 Å². The summed E-state index contributed by atoms with van der Waals surface area (Å²) in [4.78, 5) is 32.0. The third-order valence-electron chi connectivity index (χ3n) is 5.40. The highest BCUT2D eigenvalue weighted by Gasteiger charge is 2.52. The maximum Gasteiger partial charge on any atom is 0.271 e. The quantitative estimate of drug-likeness (QED) is 0.871. The van der Waals surface area contributed by atoms with Crippen LogP contribution in [-0.2, 0) is 4.74 Å². The molecule has 3 heterocycles. The second-order valence-corrected chi connectivity index (χ2v) is 7.37. The van der Waals surface area contributed by atoms with Crippen LogP contribution in [0.1, 0.15) is 36.0 Å². The van der Waals surface area contributed by atoms with Crippen molar-refractivity contribution in [1.82, 2.24) is 14.3 Å². The molecule has 1 aliphatic carbocycles. The number of nitrogens with zero attached hydrogens (tertiary/aromatic N) is 3. The SMILES string of the molecule is CO[C@@]12CC[C@@H](O)C[C@@H]1N(C(=O)c1cnc3sccn3c1=O)CC2. The van der Waals surface area contributed by atoms with Crippen LogP contribution >= 0.6 is 11.3 Å². The van der Waals surface area contributed by atoms with Crippen LogP contribution < -0.4 is 5.56 Å².